The summed E-state index contributed by atoms with van der Waals surface area (Å²) in [7, 11) is 2.05. The van der Waals surface area contributed by atoms with E-state index >= 15 is 0 Å². The number of benzene rings is 1. The highest BCUT2D eigenvalue weighted by molar-refractivity contribution is 5.88. The van der Waals surface area contributed by atoms with Gasteiger partial charge in [0.1, 0.15) is 18.5 Å². The molecule has 0 saturated carbocycles. The van der Waals surface area contributed by atoms with E-state index < -0.39 is 5.97 Å². The summed E-state index contributed by atoms with van der Waals surface area (Å²) in [5.41, 5.74) is 1.16. The second-order valence-corrected chi connectivity index (χ2v) is 4.85. The van der Waals surface area contributed by atoms with E-state index in [9.17, 15) is 4.79 Å². The molecule has 0 bridgehead atoms. The van der Waals surface area contributed by atoms with Gasteiger partial charge in [0, 0.05) is 13.1 Å². The van der Waals surface area contributed by atoms with Crippen molar-refractivity contribution in [2.75, 3.05) is 33.4 Å². The average Bonchev–Trinajstić information content (AvgIpc) is 2.37. The zero-order chi connectivity index (χ0) is 13.8. The number of carboxylic acids is 1. The molecule has 1 atom stereocenters. The second kappa shape index (κ2) is 6.04. The Bertz CT molecular complexity index is 461. The Labute approximate surface area is 112 Å². The van der Waals surface area contributed by atoms with E-state index in [4.69, 9.17) is 14.6 Å². The molecule has 0 radical (unpaired) electrons. The summed E-state index contributed by atoms with van der Waals surface area (Å²) in [5, 5.41) is 8.96. The van der Waals surface area contributed by atoms with Gasteiger partial charge in [-0.15, -0.1) is 0 Å². The molecule has 19 heavy (non-hydrogen) atoms. The molecule has 1 heterocycles. The number of aromatic carboxylic acids is 1. The topological polar surface area (TPSA) is 59.0 Å². The van der Waals surface area contributed by atoms with Crippen LogP contribution in [-0.2, 0) is 4.74 Å². The molecule has 0 aromatic heterocycles. The SMILES string of the molecule is Cc1ccc(C(=O)O)cc1OCC1CN(C)CCO1. The third kappa shape index (κ3) is 3.68. The fourth-order valence-electron chi connectivity index (χ4n) is 2.04. The van der Waals surface area contributed by atoms with E-state index in [1.807, 2.05) is 14.0 Å². The van der Waals surface area contributed by atoms with Gasteiger partial charge in [0.05, 0.1) is 12.2 Å². The number of carboxylic acid groups (broad SMARTS) is 1. The molecule has 1 aliphatic heterocycles. The van der Waals surface area contributed by atoms with Crippen LogP contribution in [0.15, 0.2) is 18.2 Å². The Morgan fingerprint density at radius 2 is 2.37 bits per heavy atom. The first-order chi connectivity index (χ1) is 9.06. The van der Waals surface area contributed by atoms with Crippen molar-refractivity contribution in [1.82, 2.24) is 4.90 Å². The lowest BCUT2D eigenvalue weighted by Crippen LogP contribution is -2.42. The lowest BCUT2D eigenvalue weighted by atomic mass is 10.1. The molecule has 5 heteroatoms. The van der Waals surface area contributed by atoms with Crippen molar-refractivity contribution in [1.29, 1.82) is 0 Å². The summed E-state index contributed by atoms with van der Waals surface area (Å²) in [6.07, 6.45) is 0.0339. The molecule has 1 aromatic rings. The van der Waals surface area contributed by atoms with Crippen molar-refractivity contribution in [3.05, 3.63) is 29.3 Å². The van der Waals surface area contributed by atoms with Gasteiger partial charge < -0.3 is 19.5 Å². The molecule has 1 N–H and O–H groups in total. The van der Waals surface area contributed by atoms with Crippen molar-refractivity contribution in [2.45, 2.75) is 13.0 Å². The number of morpholine rings is 1. The summed E-state index contributed by atoms with van der Waals surface area (Å²) in [6.45, 7) is 4.81. The van der Waals surface area contributed by atoms with E-state index in [0.717, 1.165) is 18.7 Å². The zero-order valence-corrected chi connectivity index (χ0v) is 11.3. The van der Waals surface area contributed by atoms with E-state index in [0.29, 0.717) is 19.0 Å². The van der Waals surface area contributed by atoms with Crippen LogP contribution in [-0.4, -0.2) is 55.4 Å². The molecular formula is C14H19NO4. The van der Waals surface area contributed by atoms with E-state index in [-0.39, 0.29) is 11.7 Å². The monoisotopic (exact) mass is 265 g/mol. The highest BCUT2D eigenvalue weighted by Crippen LogP contribution is 2.20. The summed E-state index contributed by atoms with van der Waals surface area (Å²) < 4.78 is 11.3. The lowest BCUT2D eigenvalue weighted by molar-refractivity contribution is -0.0404. The highest BCUT2D eigenvalue weighted by atomic mass is 16.5. The Morgan fingerprint density at radius 1 is 1.58 bits per heavy atom. The van der Waals surface area contributed by atoms with E-state index in [1.54, 1.807) is 18.2 Å². The van der Waals surface area contributed by atoms with Crippen molar-refractivity contribution in [3.63, 3.8) is 0 Å². The van der Waals surface area contributed by atoms with Gasteiger partial charge in [0.15, 0.2) is 0 Å². The molecule has 0 amide bonds. The Hall–Kier alpha value is -1.59. The van der Waals surface area contributed by atoms with Crippen LogP contribution in [0.4, 0.5) is 0 Å². The predicted molar refractivity (Wildman–Crippen MR) is 70.9 cm³/mol. The van der Waals surface area contributed by atoms with E-state index in [2.05, 4.69) is 4.90 Å². The van der Waals surface area contributed by atoms with Crippen LogP contribution in [0.25, 0.3) is 0 Å². The number of aryl methyl sites for hydroxylation is 1. The maximum absolute atomic E-state index is 10.9. The maximum Gasteiger partial charge on any atom is 0.335 e. The number of hydrogen-bond acceptors (Lipinski definition) is 4. The molecule has 1 fully saturated rings. The number of hydrogen-bond donors (Lipinski definition) is 1. The molecule has 1 aromatic carbocycles. The summed E-state index contributed by atoms with van der Waals surface area (Å²) in [6, 6.07) is 4.90. The largest absolute Gasteiger partial charge is 0.491 e. The normalized spacial score (nSPS) is 20.2. The minimum absolute atomic E-state index is 0.0339. The Kier molecular flexibility index (Phi) is 4.39. The van der Waals surface area contributed by atoms with Gasteiger partial charge in [-0.2, -0.15) is 0 Å². The molecule has 104 valence electrons. The van der Waals surface area contributed by atoms with Gasteiger partial charge >= 0.3 is 5.97 Å². The number of ether oxygens (including phenoxy) is 2. The molecular weight excluding hydrogens is 246 g/mol. The molecule has 0 aliphatic carbocycles. The quantitative estimate of drug-likeness (QED) is 0.891. The maximum atomic E-state index is 10.9. The van der Waals surface area contributed by atoms with Gasteiger partial charge in [0.25, 0.3) is 0 Å². The van der Waals surface area contributed by atoms with Crippen molar-refractivity contribution in [3.8, 4) is 5.75 Å². The standard InChI is InChI=1S/C14H19NO4/c1-10-3-4-11(14(16)17)7-13(10)19-9-12-8-15(2)5-6-18-12/h3-4,7,12H,5-6,8-9H2,1-2H3,(H,16,17). The van der Waals surface area contributed by atoms with Crippen molar-refractivity contribution in [2.24, 2.45) is 0 Å². The highest BCUT2D eigenvalue weighted by Gasteiger charge is 2.18. The van der Waals surface area contributed by atoms with Crippen LogP contribution >= 0.6 is 0 Å². The first kappa shape index (κ1) is 13.8. The van der Waals surface area contributed by atoms with Gasteiger partial charge in [-0.05, 0) is 31.7 Å². The third-order valence-electron chi connectivity index (χ3n) is 3.20. The van der Waals surface area contributed by atoms with Crippen molar-refractivity contribution < 1.29 is 19.4 Å². The van der Waals surface area contributed by atoms with Gasteiger partial charge in [-0.3, -0.25) is 0 Å². The van der Waals surface area contributed by atoms with Crippen LogP contribution in [0.5, 0.6) is 5.75 Å². The number of nitrogens with zero attached hydrogens (tertiary/aromatic N) is 1. The summed E-state index contributed by atoms with van der Waals surface area (Å²) >= 11 is 0. The predicted octanol–water partition coefficient (Wildman–Crippen LogP) is 1.40. The average molecular weight is 265 g/mol. The number of likely N-dealkylation sites (N-methyl/N-ethyl adjacent to an activating group) is 1. The van der Waals surface area contributed by atoms with Crippen molar-refractivity contribution >= 4 is 5.97 Å². The van der Waals surface area contributed by atoms with Crippen LogP contribution in [0.1, 0.15) is 15.9 Å². The van der Waals surface area contributed by atoms with Gasteiger partial charge in [0.2, 0.25) is 0 Å². The first-order valence-corrected chi connectivity index (χ1v) is 6.33. The Morgan fingerprint density at radius 3 is 3.05 bits per heavy atom. The fraction of sp³-hybridized carbons (Fsp3) is 0.500. The zero-order valence-electron chi connectivity index (χ0n) is 11.3. The fourth-order valence-corrected chi connectivity index (χ4v) is 2.04. The van der Waals surface area contributed by atoms with Gasteiger partial charge in [-0.25, -0.2) is 4.79 Å². The van der Waals surface area contributed by atoms with Crippen LogP contribution in [0.2, 0.25) is 0 Å². The molecule has 1 aliphatic rings. The smallest absolute Gasteiger partial charge is 0.335 e. The minimum Gasteiger partial charge on any atom is -0.491 e. The summed E-state index contributed by atoms with van der Waals surface area (Å²) in [4.78, 5) is 13.1. The molecule has 2 rings (SSSR count). The third-order valence-corrected chi connectivity index (χ3v) is 3.20. The van der Waals surface area contributed by atoms with Crippen LogP contribution < -0.4 is 4.74 Å². The second-order valence-electron chi connectivity index (χ2n) is 4.85. The Balaban J connectivity index is 1.98. The van der Waals surface area contributed by atoms with Crippen LogP contribution in [0, 0.1) is 6.92 Å². The number of carbonyl (C=O) groups is 1. The molecule has 1 saturated heterocycles. The molecule has 5 nitrogen and oxygen atoms in total. The number of rotatable bonds is 4. The van der Waals surface area contributed by atoms with E-state index in [1.165, 1.54) is 0 Å². The first-order valence-electron chi connectivity index (χ1n) is 6.33. The summed E-state index contributed by atoms with van der Waals surface area (Å²) in [5.74, 6) is -0.338. The van der Waals surface area contributed by atoms with Crippen LogP contribution in [0.3, 0.4) is 0 Å². The lowest BCUT2D eigenvalue weighted by Gasteiger charge is -2.30. The van der Waals surface area contributed by atoms with Gasteiger partial charge in [-0.1, -0.05) is 6.07 Å². The minimum atomic E-state index is -0.946. The molecule has 0 spiro atoms. The molecule has 1 unspecified atom stereocenters.